The number of pyridine rings is 1. The molecule has 98 valence electrons. The van der Waals surface area contributed by atoms with E-state index in [1.807, 2.05) is 0 Å². The maximum atomic E-state index is 11.7. The number of nitrogens with one attached hydrogen (secondary N) is 1. The van der Waals surface area contributed by atoms with Crippen LogP contribution in [0.25, 0.3) is 0 Å². The average Bonchev–Trinajstić information content (AvgIpc) is 2.35. The number of rotatable bonds is 5. The van der Waals surface area contributed by atoms with Gasteiger partial charge in [-0.25, -0.2) is 0 Å². The molecule has 6 nitrogen and oxygen atoms in total. The molecule has 0 aliphatic rings. The lowest BCUT2D eigenvalue weighted by Crippen LogP contribution is -2.40. The van der Waals surface area contributed by atoms with Gasteiger partial charge < -0.3 is 15.5 Å². The Morgan fingerprint density at radius 1 is 1.44 bits per heavy atom. The first-order valence-electron chi connectivity index (χ1n) is 5.54. The number of aliphatic carboxylic acids is 1. The van der Waals surface area contributed by atoms with Crippen LogP contribution in [0.1, 0.15) is 30.6 Å². The molecule has 0 saturated carbocycles. The van der Waals surface area contributed by atoms with Gasteiger partial charge in [0.15, 0.2) is 0 Å². The quantitative estimate of drug-likeness (QED) is 0.726. The Bertz CT molecular complexity index is 461. The van der Waals surface area contributed by atoms with E-state index < -0.39 is 17.3 Å². The van der Waals surface area contributed by atoms with Crippen molar-refractivity contribution < 1.29 is 19.8 Å². The van der Waals surface area contributed by atoms with Crippen LogP contribution in [-0.2, 0) is 4.79 Å². The Hall–Kier alpha value is -2.11. The number of aromatic hydroxyl groups is 1. The summed E-state index contributed by atoms with van der Waals surface area (Å²) in [5, 5.41) is 20.8. The fraction of sp³-hybridized carbons (Fsp3) is 0.417. The molecule has 0 fully saturated rings. The lowest BCUT2D eigenvalue weighted by atomic mass is 9.87. The van der Waals surface area contributed by atoms with Crippen molar-refractivity contribution in [2.24, 2.45) is 5.41 Å². The molecule has 1 unspecified atom stereocenters. The number of carboxylic acids is 1. The van der Waals surface area contributed by atoms with Gasteiger partial charge in [0.1, 0.15) is 5.75 Å². The maximum Gasteiger partial charge on any atom is 0.311 e. The molecule has 1 atom stereocenters. The summed E-state index contributed by atoms with van der Waals surface area (Å²) in [5.41, 5.74) is -0.807. The Labute approximate surface area is 105 Å². The Morgan fingerprint density at radius 3 is 2.61 bits per heavy atom. The van der Waals surface area contributed by atoms with Crippen LogP contribution < -0.4 is 5.32 Å². The van der Waals surface area contributed by atoms with Gasteiger partial charge in [0.25, 0.3) is 5.91 Å². The molecule has 3 N–H and O–H groups in total. The molecular formula is C12H16N2O4. The second kappa shape index (κ2) is 5.48. The lowest BCUT2D eigenvalue weighted by molar-refractivity contribution is -0.147. The number of hydrogen-bond donors (Lipinski definition) is 3. The van der Waals surface area contributed by atoms with E-state index in [0.29, 0.717) is 6.42 Å². The molecule has 0 aliphatic heterocycles. The van der Waals surface area contributed by atoms with Crippen LogP contribution in [0.4, 0.5) is 0 Å². The van der Waals surface area contributed by atoms with Gasteiger partial charge in [-0.1, -0.05) is 6.92 Å². The highest BCUT2D eigenvalue weighted by molar-refractivity contribution is 5.94. The number of aromatic nitrogens is 1. The molecule has 0 radical (unpaired) electrons. The predicted octanol–water partition coefficient (Wildman–Crippen LogP) is 1.02. The highest BCUT2D eigenvalue weighted by Gasteiger charge is 2.31. The zero-order chi connectivity index (χ0) is 13.8. The molecule has 1 aromatic heterocycles. The zero-order valence-electron chi connectivity index (χ0n) is 10.3. The van der Waals surface area contributed by atoms with Gasteiger partial charge in [0.05, 0.1) is 17.2 Å². The monoisotopic (exact) mass is 252 g/mol. The van der Waals surface area contributed by atoms with E-state index in [1.54, 1.807) is 13.8 Å². The van der Waals surface area contributed by atoms with Crippen molar-refractivity contribution in [1.29, 1.82) is 0 Å². The van der Waals surface area contributed by atoms with E-state index in [-0.39, 0.29) is 17.9 Å². The Kier molecular flexibility index (Phi) is 4.25. The van der Waals surface area contributed by atoms with E-state index >= 15 is 0 Å². The predicted molar refractivity (Wildman–Crippen MR) is 64.3 cm³/mol. The highest BCUT2D eigenvalue weighted by Crippen LogP contribution is 2.20. The van der Waals surface area contributed by atoms with E-state index in [4.69, 9.17) is 5.11 Å². The second-order valence-electron chi connectivity index (χ2n) is 4.33. The third-order valence-electron chi connectivity index (χ3n) is 2.92. The molecule has 1 heterocycles. The average molecular weight is 252 g/mol. The van der Waals surface area contributed by atoms with Gasteiger partial charge in [-0.2, -0.15) is 0 Å². The van der Waals surface area contributed by atoms with Gasteiger partial charge >= 0.3 is 5.97 Å². The molecule has 0 aromatic carbocycles. The summed E-state index contributed by atoms with van der Waals surface area (Å²) in [7, 11) is 0. The maximum absolute atomic E-state index is 11.7. The molecule has 18 heavy (non-hydrogen) atoms. The van der Waals surface area contributed by atoms with Crippen LogP contribution in [-0.4, -0.2) is 33.6 Å². The summed E-state index contributed by atoms with van der Waals surface area (Å²) in [6.45, 7) is 3.33. The SMILES string of the molecule is CCC(C)(CNC(=O)c1cncc(O)c1)C(=O)O. The smallest absolute Gasteiger partial charge is 0.311 e. The van der Waals surface area contributed by atoms with Crippen LogP contribution in [0.15, 0.2) is 18.5 Å². The van der Waals surface area contributed by atoms with E-state index in [0.717, 1.165) is 0 Å². The third kappa shape index (κ3) is 3.19. The standard InChI is InChI=1S/C12H16N2O4/c1-3-12(2,11(17)18)7-14-10(16)8-4-9(15)6-13-5-8/h4-6,15H,3,7H2,1-2H3,(H,14,16)(H,17,18). The number of hydrogen-bond acceptors (Lipinski definition) is 4. The number of carbonyl (C=O) groups excluding carboxylic acids is 1. The zero-order valence-corrected chi connectivity index (χ0v) is 10.3. The molecule has 1 aromatic rings. The van der Waals surface area contributed by atoms with Crippen LogP contribution >= 0.6 is 0 Å². The van der Waals surface area contributed by atoms with E-state index in [9.17, 15) is 14.7 Å². The van der Waals surface area contributed by atoms with Crippen LogP contribution in [0.2, 0.25) is 0 Å². The topological polar surface area (TPSA) is 99.5 Å². The van der Waals surface area contributed by atoms with Crippen molar-refractivity contribution in [1.82, 2.24) is 10.3 Å². The van der Waals surface area contributed by atoms with Crippen molar-refractivity contribution >= 4 is 11.9 Å². The molecule has 1 amide bonds. The van der Waals surface area contributed by atoms with Crippen LogP contribution in [0.5, 0.6) is 5.75 Å². The third-order valence-corrected chi connectivity index (χ3v) is 2.92. The highest BCUT2D eigenvalue weighted by atomic mass is 16.4. The Morgan fingerprint density at radius 2 is 2.11 bits per heavy atom. The summed E-state index contributed by atoms with van der Waals surface area (Å²) < 4.78 is 0. The minimum absolute atomic E-state index is 0.0212. The number of carboxylic acid groups (broad SMARTS) is 1. The molecular weight excluding hydrogens is 236 g/mol. The van der Waals surface area contributed by atoms with Crippen molar-refractivity contribution in [3.8, 4) is 5.75 Å². The summed E-state index contributed by atoms with van der Waals surface area (Å²) in [5.74, 6) is -1.53. The fourth-order valence-corrected chi connectivity index (χ4v) is 1.28. The summed E-state index contributed by atoms with van der Waals surface area (Å²) in [4.78, 5) is 26.5. The van der Waals surface area contributed by atoms with Crippen molar-refractivity contribution in [3.05, 3.63) is 24.0 Å². The van der Waals surface area contributed by atoms with Gasteiger partial charge in [0.2, 0.25) is 0 Å². The van der Waals surface area contributed by atoms with Gasteiger partial charge in [0, 0.05) is 12.7 Å². The summed E-state index contributed by atoms with van der Waals surface area (Å²) in [6.07, 6.45) is 2.92. The van der Waals surface area contributed by atoms with Crippen molar-refractivity contribution in [2.75, 3.05) is 6.54 Å². The molecule has 0 bridgehead atoms. The van der Waals surface area contributed by atoms with Gasteiger partial charge in [-0.15, -0.1) is 0 Å². The first-order valence-corrected chi connectivity index (χ1v) is 5.54. The number of amides is 1. The molecule has 1 rings (SSSR count). The molecule has 0 spiro atoms. The van der Waals surface area contributed by atoms with Crippen molar-refractivity contribution in [3.63, 3.8) is 0 Å². The lowest BCUT2D eigenvalue weighted by Gasteiger charge is -2.23. The van der Waals surface area contributed by atoms with Crippen LogP contribution in [0.3, 0.4) is 0 Å². The largest absolute Gasteiger partial charge is 0.506 e. The molecule has 0 saturated heterocycles. The van der Waals surface area contributed by atoms with Gasteiger partial charge in [-0.3, -0.25) is 14.6 Å². The summed E-state index contributed by atoms with van der Waals surface area (Å²) in [6, 6.07) is 1.27. The molecule has 0 aliphatic carbocycles. The van der Waals surface area contributed by atoms with Crippen LogP contribution in [0, 0.1) is 5.41 Å². The minimum Gasteiger partial charge on any atom is -0.506 e. The van der Waals surface area contributed by atoms with Gasteiger partial charge in [-0.05, 0) is 19.4 Å². The summed E-state index contributed by atoms with van der Waals surface area (Å²) >= 11 is 0. The van der Waals surface area contributed by atoms with E-state index in [1.165, 1.54) is 18.5 Å². The Balaban J connectivity index is 2.69. The molecule has 6 heteroatoms. The fourth-order valence-electron chi connectivity index (χ4n) is 1.28. The number of nitrogens with zero attached hydrogens (tertiary/aromatic N) is 1. The normalized spacial score (nSPS) is 13.7. The first-order chi connectivity index (χ1) is 8.39. The second-order valence-corrected chi connectivity index (χ2v) is 4.33. The van der Waals surface area contributed by atoms with E-state index in [2.05, 4.69) is 10.3 Å². The first kappa shape index (κ1) is 14.0. The number of carbonyl (C=O) groups is 2. The van der Waals surface area contributed by atoms with Crippen molar-refractivity contribution in [2.45, 2.75) is 20.3 Å². The minimum atomic E-state index is -1.00.